The zero-order valence-electron chi connectivity index (χ0n) is 9.99. The Morgan fingerprint density at radius 1 is 1.13 bits per heavy atom. The first kappa shape index (κ1) is 11.7. The molecule has 0 saturated heterocycles. The van der Waals surface area contributed by atoms with Crippen molar-refractivity contribution in [2.75, 3.05) is 0 Å². The van der Waals surface area contributed by atoms with Gasteiger partial charge in [0.1, 0.15) is 0 Å². The fourth-order valence-corrected chi connectivity index (χ4v) is 1.49. The van der Waals surface area contributed by atoms with Crippen LogP contribution in [0.2, 0.25) is 0 Å². The van der Waals surface area contributed by atoms with Gasteiger partial charge in [0, 0.05) is 6.21 Å². The molecule has 1 aromatic rings. The topological polar surface area (TPSA) is 12.4 Å². The molecule has 15 heavy (non-hydrogen) atoms. The van der Waals surface area contributed by atoms with Crippen LogP contribution in [0.15, 0.2) is 35.3 Å². The predicted molar refractivity (Wildman–Crippen MR) is 68.3 cm³/mol. The summed E-state index contributed by atoms with van der Waals surface area (Å²) in [4.78, 5) is 4.32. The van der Waals surface area contributed by atoms with Gasteiger partial charge in [0.25, 0.3) is 0 Å². The van der Waals surface area contributed by atoms with Crippen molar-refractivity contribution in [3.8, 4) is 0 Å². The van der Waals surface area contributed by atoms with Crippen LogP contribution in [0, 0.1) is 0 Å². The minimum absolute atomic E-state index is 0.586. The van der Waals surface area contributed by atoms with Gasteiger partial charge < -0.3 is 0 Å². The number of hydrogen-bond donors (Lipinski definition) is 0. The smallest absolute Gasteiger partial charge is 0.0655 e. The number of benzene rings is 1. The quantitative estimate of drug-likeness (QED) is 0.648. The van der Waals surface area contributed by atoms with Gasteiger partial charge in [-0.3, -0.25) is 4.99 Å². The van der Waals surface area contributed by atoms with Crippen molar-refractivity contribution in [3.05, 3.63) is 41.5 Å². The summed E-state index contributed by atoms with van der Waals surface area (Å²) in [6, 6.07) is 8.62. The summed E-state index contributed by atoms with van der Waals surface area (Å²) < 4.78 is 0. The molecule has 80 valence electrons. The summed E-state index contributed by atoms with van der Waals surface area (Å²) in [7, 11) is 0. The maximum absolute atomic E-state index is 4.32. The minimum Gasteiger partial charge on any atom is -0.261 e. The molecular weight excluding hydrogens is 182 g/mol. The molecule has 0 N–H and O–H groups in total. The third-order valence-corrected chi connectivity index (χ3v) is 2.41. The largest absolute Gasteiger partial charge is 0.261 e. The van der Waals surface area contributed by atoms with E-state index in [1.54, 1.807) is 0 Å². The first-order valence-corrected chi connectivity index (χ1v) is 5.44. The van der Waals surface area contributed by atoms with E-state index in [2.05, 4.69) is 43.1 Å². The molecule has 0 radical (unpaired) electrons. The standard InChI is InChI=1S/C14H19N/c1-5-14(15-6-2)13-9-7-12(8-10-13)11(3)4/h5-11H,1-4H3/b14-5-,15-6?. The van der Waals surface area contributed by atoms with Crippen LogP contribution >= 0.6 is 0 Å². The molecule has 0 spiro atoms. The van der Waals surface area contributed by atoms with E-state index in [4.69, 9.17) is 0 Å². The maximum Gasteiger partial charge on any atom is 0.0655 e. The number of aliphatic imine (C=N–C) groups is 1. The molecule has 0 fully saturated rings. The highest BCUT2D eigenvalue weighted by molar-refractivity contribution is 5.72. The number of rotatable bonds is 3. The molecule has 0 atom stereocenters. The summed E-state index contributed by atoms with van der Waals surface area (Å²) >= 11 is 0. The van der Waals surface area contributed by atoms with Gasteiger partial charge in [0.15, 0.2) is 0 Å². The highest BCUT2D eigenvalue weighted by Crippen LogP contribution is 2.19. The Kier molecular flexibility index (Phi) is 4.29. The molecule has 0 aliphatic carbocycles. The van der Waals surface area contributed by atoms with Gasteiger partial charge in [-0.2, -0.15) is 0 Å². The Hall–Kier alpha value is -1.37. The lowest BCUT2D eigenvalue weighted by Gasteiger charge is -2.06. The van der Waals surface area contributed by atoms with Crippen molar-refractivity contribution in [2.45, 2.75) is 33.6 Å². The summed E-state index contributed by atoms with van der Waals surface area (Å²) in [6.07, 6.45) is 3.86. The number of hydrogen-bond acceptors (Lipinski definition) is 1. The van der Waals surface area contributed by atoms with Crippen LogP contribution in [0.1, 0.15) is 44.7 Å². The molecule has 0 bridgehead atoms. The average Bonchev–Trinajstić information content (AvgIpc) is 2.26. The first-order valence-electron chi connectivity index (χ1n) is 5.44. The average molecular weight is 201 g/mol. The maximum atomic E-state index is 4.32. The van der Waals surface area contributed by atoms with Gasteiger partial charge in [-0.15, -0.1) is 0 Å². The number of allylic oxidation sites excluding steroid dienone is 1. The Labute approximate surface area is 92.6 Å². The lowest BCUT2D eigenvalue weighted by Crippen LogP contribution is -1.88. The molecule has 1 nitrogen and oxygen atoms in total. The van der Waals surface area contributed by atoms with Crippen LogP contribution in [0.3, 0.4) is 0 Å². The van der Waals surface area contributed by atoms with Crippen LogP contribution < -0.4 is 0 Å². The Bertz CT molecular complexity index is 355. The second-order valence-corrected chi connectivity index (χ2v) is 3.84. The normalized spacial score (nSPS) is 12.7. The summed E-state index contributed by atoms with van der Waals surface area (Å²) in [5, 5.41) is 0. The molecule has 1 heteroatoms. The molecule has 0 aliphatic heterocycles. The fraction of sp³-hybridized carbons (Fsp3) is 0.357. The van der Waals surface area contributed by atoms with Crippen molar-refractivity contribution in [1.82, 2.24) is 0 Å². The third-order valence-electron chi connectivity index (χ3n) is 2.41. The second kappa shape index (κ2) is 5.50. The van der Waals surface area contributed by atoms with E-state index in [1.807, 2.05) is 26.1 Å². The lowest BCUT2D eigenvalue weighted by molar-refractivity contribution is 0.866. The molecule has 0 aromatic heterocycles. The van der Waals surface area contributed by atoms with Gasteiger partial charge in [0.05, 0.1) is 5.70 Å². The summed E-state index contributed by atoms with van der Waals surface area (Å²) in [6.45, 7) is 8.36. The van der Waals surface area contributed by atoms with E-state index in [0.717, 1.165) is 5.70 Å². The SMILES string of the molecule is CC=N/C(=C\C)c1ccc(C(C)C)cc1. The highest BCUT2D eigenvalue weighted by atomic mass is 14.7. The highest BCUT2D eigenvalue weighted by Gasteiger charge is 2.00. The summed E-state index contributed by atoms with van der Waals surface area (Å²) in [5.74, 6) is 0.586. The Morgan fingerprint density at radius 2 is 1.73 bits per heavy atom. The van der Waals surface area contributed by atoms with Gasteiger partial charge in [-0.1, -0.05) is 44.2 Å². The molecule has 0 amide bonds. The van der Waals surface area contributed by atoms with Crippen LogP contribution in [-0.4, -0.2) is 6.21 Å². The van der Waals surface area contributed by atoms with E-state index in [9.17, 15) is 0 Å². The van der Waals surface area contributed by atoms with Crippen LogP contribution in [-0.2, 0) is 0 Å². The van der Waals surface area contributed by atoms with Gasteiger partial charge in [-0.05, 0) is 30.9 Å². The van der Waals surface area contributed by atoms with Gasteiger partial charge in [-0.25, -0.2) is 0 Å². The van der Waals surface area contributed by atoms with Crippen molar-refractivity contribution < 1.29 is 0 Å². The molecular formula is C14H19N. The van der Waals surface area contributed by atoms with Crippen LogP contribution in [0.25, 0.3) is 5.70 Å². The Balaban J connectivity index is 2.97. The van der Waals surface area contributed by atoms with E-state index in [1.165, 1.54) is 11.1 Å². The third kappa shape index (κ3) is 3.05. The second-order valence-electron chi connectivity index (χ2n) is 3.84. The van der Waals surface area contributed by atoms with Crippen molar-refractivity contribution in [2.24, 2.45) is 4.99 Å². The molecule has 0 aliphatic rings. The molecule has 0 saturated carbocycles. The van der Waals surface area contributed by atoms with Crippen molar-refractivity contribution in [1.29, 1.82) is 0 Å². The zero-order valence-corrected chi connectivity index (χ0v) is 9.99. The van der Waals surface area contributed by atoms with Gasteiger partial charge >= 0.3 is 0 Å². The van der Waals surface area contributed by atoms with Crippen molar-refractivity contribution >= 4 is 11.9 Å². The van der Waals surface area contributed by atoms with Crippen LogP contribution in [0.4, 0.5) is 0 Å². The van der Waals surface area contributed by atoms with E-state index in [-0.39, 0.29) is 0 Å². The van der Waals surface area contributed by atoms with Crippen molar-refractivity contribution in [3.63, 3.8) is 0 Å². The molecule has 0 heterocycles. The zero-order chi connectivity index (χ0) is 11.3. The van der Waals surface area contributed by atoms with E-state index >= 15 is 0 Å². The molecule has 1 aromatic carbocycles. The molecule has 1 rings (SSSR count). The van der Waals surface area contributed by atoms with Gasteiger partial charge in [0.2, 0.25) is 0 Å². The Morgan fingerprint density at radius 3 is 2.13 bits per heavy atom. The fourth-order valence-electron chi connectivity index (χ4n) is 1.49. The van der Waals surface area contributed by atoms with Crippen LogP contribution in [0.5, 0.6) is 0 Å². The minimum atomic E-state index is 0.586. The van der Waals surface area contributed by atoms with E-state index < -0.39 is 0 Å². The lowest BCUT2D eigenvalue weighted by atomic mass is 10.0. The first-order chi connectivity index (χ1) is 7.19. The summed E-state index contributed by atoms with van der Waals surface area (Å²) in [5.41, 5.74) is 3.59. The number of nitrogens with zero attached hydrogens (tertiary/aromatic N) is 1. The van der Waals surface area contributed by atoms with E-state index in [0.29, 0.717) is 5.92 Å². The predicted octanol–water partition coefficient (Wildman–Crippen LogP) is 4.26. The molecule has 0 unspecified atom stereocenters. The monoisotopic (exact) mass is 201 g/mol.